The SMILES string of the molecule is CCCNc1ccc(C(=O)NCCc2ccc(Cl)s2)cc1. The number of anilines is 1. The summed E-state index contributed by atoms with van der Waals surface area (Å²) < 4.78 is 0.784. The Balaban J connectivity index is 1.79. The number of hydrogen-bond donors (Lipinski definition) is 2. The molecule has 0 saturated heterocycles. The molecule has 0 atom stereocenters. The van der Waals surface area contributed by atoms with Crippen molar-refractivity contribution in [2.24, 2.45) is 0 Å². The second-order valence-electron chi connectivity index (χ2n) is 4.72. The normalized spacial score (nSPS) is 10.4. The van der Waals surface area contributed by atoms with E-state index in [2.05, 4.69) is 17.6 Å². The van der Waals surface area contributed by atoms with Crippen molar-refractivity contribution in [3.05, 3.63) is 51.2 Å². The highest BCUT2D eigenvalue weighted by atomic mass is 35.5. The van der Waals surface area contributed by atoms with Gasteiger partial charge in [0, 0.05) is 29.2 Å². The van der Waals surface area contributed by atoms with Gasteiger partial charge in [-0.25, -0.2) is 0 Å². The minimum absolute atomic E-state index is 0.0419. The molecule has 112 valence electrons. The minimum Gasteiger partial charge on any atom is -0.385 e. The molecule has 0 radical (unpaired) electrons. The van der Waals surface area contributed by atoms with Gasteiger partial charge in [0.25, 0.3) is 5.91 Å². The summed E-state index contributed by atoms with van der Waals surface area (Å²) in [6.07, 6.45) is 1.88. The van der Waals surface area contributed by atoms with Gasteiger partial charge < -0.3 is 10.6 Å². The van der Waals surface area contributed by atoms with Crippen LogP contribution in [0, 0.1) is 0 Å². The van der Waals surface area contributed by atoms with E-state index in [0.29, 0.717) is 12.1 Å². The molecule has 1 amide bonds. The number of hydrogen-bond acceptors (Lipinski definition) is 3. The zero-order chi connectivity index (χ0) is 15.1. The van der Waals surface area contributed by atoms with Gasteiger partial charge in [-0.15, -0.1) is 11.3 Å². The Hall–Kier alpha value is -1.52. The zero-order valence-corrected chi connectivity index (χ0v) is 13.6. The lowest BCUT2D eigenvalue weighted by molar-refractivity contribution is 0.0954. The number of amides is 1. The summed E-state index contributed by atoms with van der Waals surface area (Å²) in [5, 5.41) is 6.21. The van der Waals surface area contributed by atoms with E-state index in [9.17, 15) is 4.79 Å². The van der Waals surface area contributed by atoms with E-state index in [-0.39, 0.29) is 5.91 Å². The van der Waals surface area contributed by atoms with Crippen LogP contribution < -0.4 is 10.6 Å². The highest BCUT2D eigenvalue weighted by Crippen LogP contribution is 2.21. The third-order valence-electron chi connectivity index (χ3n) is 3.01. The summed E-state index contributed by atoms with van der Waals surface area (Å²) >= 11 is 7.42. The second-order valence-corrected chi connectivity index (χ2v) is 6.52. The fraction of sp³-hybridized carbons (Fsp3) is 0.312. The molecule has 3 nitrogen and oxygen atoms in total. The van der Waals surface area contributed by atoms with Gasteiger partial charge in [0.2, 0.25) is 0 Å². The summed E-state index contributed by atoms with van der Waals surface area (Å²) in [4.78, 5) is 13.2. The van der Waals surface area contributed by atoms with Crippen LogP contribution in [0.15, 0.2) is 36.4 Å². The van der Waals surface area contributed by atoms with Crippen LogP contribution in [0.25, 0.3) is 0 Å². The first-order chi connectivity index (χ1) is 10.2. The van der Waals surface area contributed by atoms with E-state index in [0.717, 1.165) is 29.4 Å². The van der Waals surface area contributed by atoms with Crippen LogP contribution >= 0.6 is 22.9 Å². The quantitative estimate of drug-likeness (QED) is 0.802. The molecular formula is C16H19ClN2OS. The first-order valence-corrected chi connectivity index (χ1v) is 8.25. The van der Waals surface area contributed by atoms with Crippen LogP contribution in [0.5, 0.6) is 0 Å². The lowest BCUT2D eigenvalue weighted by atomic mass is 10.2. The fourth-order valence-electron chi connectivity index (χ4n) is 1.90. The Morgan fingerprint density at radius 1 is 1.14 bits per heavy atom. The molecule has 0 unspecified atom stereocenters. The summed E-state index contributed by atoms with van der Waals surface area (Å²) in [5.74, 6) is -0.0419. The van der Waals surface area contributed by atoms with E-state index in [1.807, 2.05) is 36.4 Å². The molecule has 2 rings (SSSR count). The first-order valence-electron chi connectivity index (χ1n) is 7.05. The van der Waals surface area contributed by atoms with Crippen molar-refractivity contribution in [2.75, 3.05) is 18.4 Å². The number of rotatable bonds is 7. The summed E-state index contributed by atoms with van der Waals surface area (Å²) in [7, 11) is 0. The number of carbonyl (C=O) groups is 1. The molecule has 0 fully saturated rings. The zero-order valence-electron chi connectivity index (χ0n) is 12.0. The first kappa shape index (κ1) is 15.9. The van der Waals surface area contributed by atoms with Gasteiger partial charge in [0.15, 0.2) is 0 Å². The minimum atomic E-state index is -0.0419. The number of thiophene rings is 1. The van der Waals surface area contributed by atoms with Gasteiger partial charge in [-0.1, -0.05) is 18.5 Å². The average Bonchev–Trinajstić information content (AvgIpc) is 2.91. The summed E-state index contributed by atoms with van der Waals surface area (Å²) in [6.45, 7) is 3.68. The maximum Gasteiger partial charge on any atom is 0.251 e. The number of nitrogens with one attached hydrogen (secondary N) is 2. The molecule has 0 aliphatic rings. The van der Waals surface area contributed by atoms with Crippen LogP contribution in [0.2, 0.25) is 4.34 Å². The van der Waals surface area contributed by atoms with Crippen molar-refractivity contribution in [1.82, 2.24) is 5.32 Å². The highest BCUT2D eigenvalue weighted by Gasteiger charge is 2.05. The molecule has 21 heavy (non-hydrogen) atoms. The Bertz CT molecular complexity index is 580. The fourth-order valence-corrected chi connectivity index (χ4v) is 2.98. The molecule has 2 N–H and O–H groups in total. The number of benzene rings is 1. The third-order valence-corrected chi connectivity index (χ3v) is 4.30. The predicted octanol–water partition coefficient (Wildman–Crippen LogP) is 4.20. The van der Waals surface area contributed by atoms with Crippen molar-refractivity contribution in [2.45, 2.75) is 19.8 Å². The smallest absolute Gasteiger partial charge is 0.251 e. The topological polar surface area (TPSA) is 41.1 Å². The molecule has 1 heterocycles. The third kappa shape index (κ3) is 5.06. The van der Waals surface area contributed by atoms with Crippen molar-refractivity contribution < 1.29 is 4.79 Å². The molecule has 0 spiro atoms. The van der Waals surface area contributed by atoms with Crippen LogP contribution in [0.4, 0.5) is 5.69 Å². The van der Waals surface area contributed by atoms with Gasteiger partial charge in [-0.05, 0) is 49.2 Å². The van der Waals surface area contributed by atoms with Gasteiger partial charge in [0.05, 0.1) is 4.34 Å². The lowest BCUT2D eigenvalue weighted by Gasteiger charge is -2.07. The van der Waals surface area contributed by atoms with E-state index >= 15 is 0 Å². The van der Waals surface area contributed by atoms with Crippen LogP contribution in [0.3, 0.4) is 0 Å². The van der Waals surface area contributed by atoms with Gasteiger partial charge >= 0.3 is 0 Å². The molecule has 5 heteroatoms. The molecule has 0 bridgehead atoms. The molecular weight excluding hydrogens is 304 g/mol. The van der Waals surface area contributed by atoms with Crippen molar-refractivity contribution >= 4 is 34.5 Å². The Kier molecular flexibility index (Phi) is 6.08. The molecule has 0 saturated carbocycles. The molecule has 0 aliphatic heterocycles. The van der Waals surface area contributed by atoms with Gasteiger partial charge in [0.1, 0.15) is 0 Å². The molecule has 0 aliphatic carbocycles. The van der Waals surface area contributed by atoms with E-state index < -0.39 is 0 Å². The summed E-state index contributed by atoms with van der Waals surface area (Å²) in [5.41, 5.74) is 1.72. The Morgan fingerprint density at radius 3 is 2.52 bits per heavy atom. The van der Waals surface area contributed by atoms with Gasteiger partial charge in [-0.2, -0.15) is 0 Å². The van der Waals surface area contributed by atoms with Crippen molar-refractivity contribution in [3.8, 4) is 0 Å². The summed E-state index contributed by atoms with van der Waals surface area (Å²) in [6, 6.07) is 11.4. The Morgan fingerprint density at radius 2 is 1.90 bits per heavy atom. The standard InChI is InChI=1S/C16H19ClN2OS/c1-2-10-18-13-5-3-12(4-6-13)16(20)19-11-9-14-7-8-15(17)21-14/h3-8,18H,2,9-11H2,1H3,(H,19,20). The van der Waals surface area contributed by atoms with E-state index in [1.54, 1.807) is 11.3 Å². The maximum absolute atomic E-state index is 12.0. The number of carbonyl (C=O) groups excluding carboxylic acids is 1. The molecule has 1 aromatic heterocycles. The van der Waals surface area contributed by atoms with Crippen molar-refractivity contribution in [1.29, 1.82) is 0 Å². The largest absolute Gasteiger partial charge is 0.385 e. The predicted molar refractivity (Wildman–Crippen MR) is 90.6 cm³/mol. The number of halogens is 1. The lowest BCUT2D eigenvalue weighted by Crippen LogP contribution is -2.25. The average molecular weight is 323 g/mol. The van der Waals surface area contributed by atoms with Crippen LogP contribution in [0.1, 0.15) is 28.6 Å². The van der Waals surface area contributed by atoms with Gasteiger partial charge in [-0.3, -0.25) is 4.79 Å². The molecule has 1 aromatic carbocycles. The van der Waals surface area contributed by atoms with Crippen molar-refractivity contribution in [3.63, 3.8) is 0 Å². The van der Waals surface area contributed by atoms with E-state index in [1.165, 1.54) is 4.88 Å². The van der Waals surface area contributed by atoms with E-state index in [4.69, 9.17) is 11.6 Å². The van der Waals surface area contributed by atoms with Crippen LogP contribution in [-0.2, 0) is 6.42 Å². The highest BCUT2D eigenvalue weighted by molar-refractivity contribution is 7.16. The molecule has 2 aromatic rings. The monoisotopic (exact) mass is 322 g/mol. The Labute approximate surface area is 134 Å². The second kappa shape index (κ2) is 8.05. The van der Waals surface area contributed by atoms with Crippen LogP contribution in [-0.4, -0.2) is 19.0 Å². The maximum atomic E-state index is 12.0.